The molecule has 0 aromatic rings. The van der Waals surface area contributed by atoms with Crippen molar-refractivity contribution in [1.29, 1.82) is 0 Å². The minimum atomic E-state index is -0.383. The minimum Gasteiger partial charge on any atom is -0.298 e. The molecule has 0 N–H and O–H groups in total. The van der Waals surface area contributed by atoms with E-state index in [4.69, 9.17) is 0 Å². The van der Waals surface area contributed by atoms with Crippen LogP contribution in [-0.2, 0) is 0 Å². The van der Waals surface area contributed by atoms with Crippen molar-refractivity contribution in [1.82, 2.24) is 9.80 Å². The second kappa shape index (κ2) is 6.01. The maximum atomic E-state index is 12.7. The number of rotatable bonds is 6. The van der Waals surface area contributed by atoms with E-state index in [9.17, 15) is 8.78 Å². The smallest absolute Gasteiger partial charge is 0.102 e. The quantitative estimate of drug-likeness (QED) is 0.733. The van der Waals surface area contributed by atoms with Crippen molar-refractivity contribution in [3.8, 4) is 0 Å². The van der Waals surface area contributed by atoms with Crippen LogP contribution in [0.3, 0.4) is 0 Å². The van der Waals surface area contributed by atoms with E-state index in [1.807, 2.05) is 4.90 Å². The molecule has 0 radical (unpaired) electrons. The van der Waals surface area contributed by atoms with Crippen molar-refractivity contribution in [3.63, 3.8) is 0 Å². The predicted octanol–water partition coefficient (Wildman–Crippen LogP) is 3.91. The Hall–Kier alpha value is -0.220. The van der Waals surface area contributed by atoms with Crippen LogP contribution in [0.15, 0.2) is 0 Å². The Bertz CT molecular complexity index is 380. The highest BCUT2D eigenvalue weighted by Gasteiger charge is 2.67. The lowest BCUT2D eigenvalue weighted by molar-refractivity contribution is 0.0362. The summed E-state index contributed by atoms with van der Waals surface area (Å²) in [6.45, 7) is 14.6. The average molecular weight is 316 g/mol. The second-order valence-corrected chi connectivity index (χ2v) is 9.40. The fourth-order valence-corrected chi connectivity index (χ4v) is 4.49. The maximum absolute atomic E-state index is 12.7. The van der Waals surface area contributed by atoms with Gasteiger partial charge >= 0.3 is 0 Å². The van der Waals surface area contributed by atoms with Crippen LogP contribution in [0.5, 0.6) is 0 Å². The average Bonchev–Trinajstić information content (AvgIpc) is 2.90. The normalized spacial score (nSPS) is 32.6. The molecule has 0 spiro atoms. The summed E-state index contributed by atoms with van der Waals surface area (Å²) in [6.07, 6.45) is 2.35. The van der Waals surface area contributed by atoms with Crippen LogP contribution in [0, 0.1) is 10.8 Å². The minimum absolute atomic E-state index is 0.145. The highest BCUT2D eigenvalue weighted by Crippen LogP contribution is 2.64. The largest absolute Gasteiger partial charge is 0.298 e. The summed E-state index contributed by atoms with van der Waals surface area (Å²) in [5.74, 6) is 0. The number of hydrogen-bond donors (Lipinski definition) is 0. The molecule has 22 heavy (non-hydrogen) atoms. The van der Waals surface area contributed by atoms with E-state index in [0.717, 1.165) is 13.0 Å². The summed E-state index contributed by atoms with van der Waals surface area (Å²) in [6, 6.07) is 1.13. The summed E-state index contributed by atoms with van der Waals surface area (Å²) >= 11 is 0. The van der Waals surface area contributed by atoms with E-state index in [0.29, 0.717) is 25.2 Å². The summed E-state index contributed by atoms with van der Waals surface area (Å²) in [7, 11) is 0. The Labute approximate surface area is 135 Å². The van der Waals surface area contributed by atoms with Crippen molar-refractivity contribution in [2.75, 3.05) is 33.0 Å². The number of hydrogen-bond acceptors (Lipinski definition) is 2. The van der Waals surface area contributed by atoms with Crippen LogP contribution >= 0.6 is 0 Å². The first-order valence-electron chi connectivity index (χ1n) is 8.68. The van der Waals surface area contributed by atoms with Crippen molar-refractivity contribution in [3.05, 3.63) is 0 Å². The van der Waals surface area contributed by atoms with Gasteiger partial charge in [-0.05, 0) is 39.0 Å². The first-order chi connectivity index (χ1) is 10.0. The molecule has 1 heterocycles. The molecule has 2 nitrogen and oxygen atoms in total. The molecule has 2 fully saturated rings. The van der Waals surface area contributed by atoms with Gasteiger partial charge in [-0.25, -0.2) is 8.78 Å². The zero-order chi connectivity index (χ0) is 16.8. The van der Waals surface area contributed by atoms with E-state index >= 15 is 0 Å². The molecule has 1 aliphatic heterocycles. The molecule has 2 aliphatic rings. The first-order valence-corrected chi connectivity index (χ1v) is 8.68. The van der Waals surface area contributed by atoms with E-state index in [1.54, 1.807) is 0 Å². The van der Waals surface area contributed by atoms with Crippen LogP contribution < -0.4 is 0 Å². The van der Waals surface area contributed by atoms with E-state index in [-0.39, 0.29) is 29.7 Å². The summed E-state index contributed by atoms with van der Waals surface area (Å²) < 4.78 is 25.5. The lowest BCUT2D eigenvalue weighted by Gasteiger charge is -2.45. The number of alkyl halides is 2. The topological polar surface area (TPSA) is 6.48 Å². The maximum Gasteiger partial charge on any atom is 0.102 e. The third kappa shape index (κ3) is 3.48. The monoisotopic (exact) mass is 316 g/mol. The summed E-state index contributed by atoms with van der Waals surface area (Å²) in [4.78, 5) is 4.68. The fourth-order valence-electron chi connectivity index (χ4n) is 4.49. The van der Waals surface area contributed by atoms with Gasteiger partial charge in [0.2, 0.25) is 0 Å². The zero-order valence-electron chi connectivity index (χ0n) is 15.3. The van der Waals surface area contributed by atoms with Gasteiger partial charge in [-0.1, -0.05) is 20.8 Å². The lowest BCUT2D eigenvalue weighted by Crippen LogP contribution is -2.51. The van der Waals surface area contributed by atoms with Gasteiger partial charge < -0.3 is 0 Å². The van der Waals surface area contributed by atoms with Crippen molar-refractivity contribution in [2.24, 2.45) is 10.8 Å². The van der Waals surface area contributed by atoms with Gasteiger partial charge in [0, 0.05) is 42.7 Å². The first kappa shape index (κ1) is 18.1. The number of piperidine rings is 1. The van der Waals surface area contributed by atoms with Crippen LogP contribution in [0.1, 0.15) is 54.4 Å². The van der Waals surface area contributed by atoms with Gasteiger partial charge in [0.05, 0.1) is 0 Å². The van der Waals surface area contributed by atoms with Crippen molar-refractivity contribution >= 4 is 0 Å². The standard InChI is InChI=1S/C18H34F2N2/c1-16(2,3)14-11-18(13-21(9-7-19)10-8-20)12-15(18)22(14)17(4,5)6/h14-15H,7-13H2,1-6H3/t14-,15?,18-/m0/s1. The van der Waals surface area contributed by atoms with Crippen LogP contribution in [-0.4, -0.2) is 60.4 Å². The van der Waals surface area contributed by atoms with E-state index in [2.05, 4.69) is 46.4 Å². The number of fused-ring (bicyclic) bond motifs is 1. The molecular formula is C18H34F2N2. The highest BCUT2D eigenvalue weighted by molar-refractivity contribution is 5.21. The lowest BCUT2D eigenvalue weighted by atomic mass is 9.80. The molecule has 1 aliphatic carbocycles. The number of nitrogens with zero attached hydrogens (tertiary/aromatic N) is 2. The van der Waals surface area contributed by atoms with Crippen LogP contribution in [0.2, 0.25) is 0 Å². The molecule has 0 amide bonds. The van der Waals surface area contributed by atoms with Gasteiger partial charge in [-0.3, -0.25) is 9.80 Å². The summed E-state index contributed by atoms with van der Waals surface area (Å²) in [5.41, 5.74) is 0.639. The van der Waals surface area contributed by atoms with Gasteiger partial charge in [-0.2, -0.15) is 0 Å². The third-order valence-corrected chi connectivity index (χ3v) is 5.53. The Morgan fingerprint density at radius 3 is 1.91 bits per heavy atom. The molecule has 0 aromatic heterocycles. The van der Waals surface area contributed by atoms with E-state index in [1.165, 1.54) is 6.42 Å². The molecule has 3 atom stereocenters. The Morgan fingerprint density at radius 1 is 1.00 bits per heavy atom. The van der Waals surface area contributed by atoms with Gasteiger partial charge in [0.15, 0.2) is 0 Å². The molecule has 130 valence electrons. The fraction of sp³-hybridized carbons (Fsp3) is 1.00. The summed E-state index contributed by atoms with van der Waals surface area (Å²) in [5, 5.41) is 0. The molecule has 1 saturated carbocycles. The molecular weight excluding hydrogens is 282 g/mol. The predicted molar refractivity (Wildman–Crippen MR) is 88.7 cm³/mol. The molecule has 4 heteroatoms. The molecule has 1 saturated heterocycles. The van der Waals surface area contributed by atoms with E-state index < -0.39 is 0 Å². The number of likely N-dealkylation sites (tertiary alicyclic amines) is 1. The van der Waals surface area contributed by atoms with Gasteiger partial charge in [0.25, 0.3) is 0 Å². The second-order valence-electron chi connectivity index (χ2n) is 9.40. The van der Waals surface area contributed by atoms with Crippen LogP contribution in [0.25, 0.3) is 0 Å². The Balaban J connectivity index is 2.15. The molecule has 2 rings (SSSR count). The molecule has 0 bridgehead atoms. The third-order valence-electron chi connectivity index (χ3n) is 5.53. The molecule has 0 aromatic carbocycles. The van der Waals surface area contributed by atoms with Gasteiger partial charge in [0.1, 0.15) is 13.3 Å². The number of halogens is 2. The Kier molecular flexibility index (Phi) is 4.95. The van der Waals surface area contributed by atoms with Crippen LogP contribution in [0.4, 0.5) is 8.78 Å². The molecule has 1 unspecified atom stereocenters. The van der Waals surface area contributed by atoms with Gasteiger partial charge in [-0.15, -0.1) is 0 Å². The highest BCUT2D eigenvalue weighted by atomic mass is 19.1. The zero-order valence-corrected chi connectivity index (χ0v) is 15.3. The van der Waals surface area contributed by atoms with Crippen molar-refractivity contribution in [2.45, 2.75) is 72.0 Å². The van der Waals surface area contributed by atoms with Crippen molar-refractivity contribution < 1.29 is 8.78 Å². The Morgan fingerprint density at radius 2 is 1.55 bits per heavy atom. The SMILES string of the molecule is CC(C)(C)[C@@H]1C[C@@]2(CN(CCF)CCF)CC2N1C(C)(C)C.